The van der Waals surface area contributed by atoms with Crippen LogP contribution in [0.5, 0.6) is 11.5 Å². The van der Waals surface area contributed by atoms with Crippen LogP contribution in [0.1, 0.15) is 22.8 Å². The molecule has 9 heteroatoms. The zero-order chi connectivity index (χ0) is 27.4. The van der Waals surface area contributed by atoms with Gasteiger partial charge in [0.15, 0.2) is 11.4 Å². The minimum atomic E-state index is -0.421. The summed E-state index contributed by atoms with van der Waals surface area (Å²) in [4.78, 5) is 31.2. The van der Waals surface area contributed by atoms with Crippen molar-refractivity contribution in [1.29, 1.82) is 0 Å². The summed E-state index contributed by atoms with van der Waals surface area (Å²) in [5.41, 5.74) is 2.45. The molecular weight excluding hydrogens is 514 g/mol. The zero-order valence-electron chi connectivity index (χ0n) is 21.9. The van der Waals surface area contributed by atoms with E-state index in [9.17, 15) is 9.59 Å². The quantitative estimate of drug-likeness (QED) is 0.331. The van der Waals surface area contributed by atoms with Crippen LogP contribution in [0.3, 0.4) is 0 Å². The summed E-state index contributed by atoms with van der Waals surface area (Å²) in [6.07, 6.45) is 1.50. The maximum absolute atomic E-state index is 13.7. The maximum atomic E-state index is 13.7. The van der Waals surface area contributed by atoms with Crippen molar-refractivity contribution >= 4 is 28.9 Å². The summed E-state index contributed by atoms with van der Waals surface area (Å²) in [7, 11) is 0. The summed E-state index contributed by atoms with van der Waals surface area (Å²) in [5, 5.41) is 8.04. The molecule has 200 valence electrons. The largest absolute Gasteiger partial charge is 0.453 e. The van der Waals surface area contributed by atoms with Gasteiger partial charge in [-0.25, -0.2) is 0 Å². The number of ether oxygens (including phenoxy) is 1. The van der Waals surface area contributed by atoms with E-state index in [2.05, 4.69) is 22.2 Å². The predicted molar refractivity (Wildman–Crippen MR) is 154 cm³/mol. The molecule has 1 saturated heterocycles. The van der Waals surface area contributed by atoms with Gasteiger partial charge in [0.2, 0.25) is 0 Å². The first-order valence-corrected chi connectivity index (χ1v) is 13.3. The molecule has 1 N–H and O–H groups in total. The number of carbonyl (C=O) groups is 1. The van der Waals surface area contributed by atoms with E-state index in [4.69, 9.17) is 16.3 Å². The minimum Gasteiger partial charge on any atom is -0.453 e. The third-order valence-corrected chi connectivity index (χ3v) is 6.93. The second-order valence-electron chi connectivity index (χ2n) is 9.43. The number of likely N-dealkylation sites (N-methyl/N-ethyl adjacent to an activating group) is 1. The zero-order valence-corrected chi connectivity index (χ0v) is 22.7. The van der Waals surface area contributed by atoms with Crippen LogP contribution in [-0.2, 0) is 0 Å². The molecule has 1 amide bonds. The van der Waals surface area contributed by atoms with E-state index in [0.717, 1.165) is 25.2 Å². The van der Waals surface area contributed by atoms with Crippen molar-refractivity contribution in [3.8, 4) is 17.2 Å². The molecular formula is C30H30ClN5O3. The maximum Gasteiger partial charge on any atom is 0.299 e. The van der Waals surface area contributed by atoms with Crippen LogP contribution in [0.4, 0.5) is 11.4 Å². The third kappa shape index (κ3) is 6.13. The van der Waals surface area contributed by atoms with Crippen LogP contribution in [0.15, 0.2) is 83.8 Å². The van der Waals surface area contributed by atoms with Crippen LogP contribution in [0.25, 0.3) is 5.69 Å². The second kappa shape index (κ2) is 11.7. The Bertz CT molecular complexity index is 1550. The molecule has 2 heterocycles. The van der Waals surface area contributed by atoms with Crippen LogP contribution in [0.2, 0.25) is 5.02 Å². The first-order chi connectivity index (χ1) is 18.9. The van der Waals surface area contributed by atoms with Crippen molar-refractivity contribution in [1.82, 2.24) is 19.6 Å². The molecule has 0 radical (unpaired) electrons. The number of benzene rings is 3. The summed E-state index contributed by atoms with van der Waals surface area (Å²) >= 11 is 6.18. The molecule has 0 aliphatic carbocycles. The first kappa shape index (κ1) is 26.5. The molecule has 5 rings (SSSR count). The Hall–Kier alpha value is -4.14. The molecule has 8 nitrogen and oxygen atoms in total. The lowest BCUT2D eigenvalue weighted by Gasteiger charge is -2.34. The molecule has 39 heavy (non-hydrogen) atoms. The summed E-state index contributed by atoms with van der Waals surface area (Å²) in [5.74, 6) is 0.808. The number of hydrogen-bond acceptors (Lipinski definition) is 6. The average Bonchev–Trinajstić information content (AvgIpc) is 2.95. The number of halogens is 1. The number of nitrogens with one attached hydrogen (secondary N) is 1. The standard InChI is InChI=1S/C30H30ClN5O3/c1-3-34-13-15-35(16-14-34)29(37)22-8-5-10-24(18-22)33-28-27(39-26-12-4-7-21(2)17-26)20-32-36(30(28)38)25-11-6-9-23(31)19-25/h4-12,17-20,33H,3,13-16H2,1-2H3. The highest BCUT2D eigenvalue weighted by Gasteiger charge is 2.22. The fourth-order valence-electron chi connectivity index (χ4n) is 4.55. The molecule has 3 aromatic carbocycles. The Morgan fingerprint density at radius 1 is 1.00 bits per heavy atom. The number of piperazine rings is 1. The Labute approximate surface area is 232 Å². The van der Waals surface area contributed by atoms with Gasteiger partial charge in [-0.1, -0.05) is 42.8 Å². The number of hydrogen-bond donors (Lipinski definition) is 1. The number of nitrogens with zero attached hydrogens (tertiary/aromatic N) is 4. The average molecular weight is 544 g/mol. The van der Waals surface area contributed by atoms with Crippen LogP contribution in [-0.4, -0.2) is 58.2 Å². The number of aryl methyl sites for hydroxylation is 1. The van der Waals surface area contributed by atoms with Gasteiger partial charge in [0, 0.05) is 42.5 Å². The fourth-order valence-corrected chi connectivity index (χ4v) is 4.74. The molecule has 1 aliphatic heterocycles. The summed E-state index contributed by atoms with van der Waals surface area (Å²) in [6, 6.07) is 21.6. The van der Waals surface area contributed by atoms with Gasteiger partial charge < -0.3 is 19.9 Å². The van der Waals surface area contributed by atoms with Crippen molar-refractivity contribution in [2.75, 3.05) is 38.0 Å². The van der Waals surface area contributed by atoms with Gasteiger partial charge in [0.25, 0.3) is 11.5 Å². The smallest absolute Gasteiger partial charge is 0.299 e. The van der Waals surface area contributed by atoms with E-state index in [1.165, 1.54) is 10.9 Å². The van der Waals surface area contributed by atoms with E-state index in [1.807, 2.05) is 42.2 Å². The lowest BCUT2D eigenvalue weighted by Crippen LogP contribution is -2.48. The van der Waals surface area contributed by atoms with Gasteiger partial charge in [0.1, 0.15) is 5.75 Å². The predicted octanol–water partition coefficient (Wildman–Crippen LogP) is 5.51. The van der Waals surface area contributed by atoms with E-state index >= 15 is 0 Å². The fraction of sp³-hybridized carbons (Fsp3) is 0.233. The van der Waals surface area contributed by atoms with Gasteiger partial charge in [-0.2, -0.15) is 9.78 Å². The Morgan fingerprint density at radius 2 is 1.77 bits per heavy atom. The number of rotatable bonds is 7. The van der Waals surface area contributed by atoms with Gasteiger partial charge in [-0.3, -0.25) is 9.59 Å². The molecule has 0 saturated carbocycles. The van der Waals surface area contributed by atoms with Crippen LogP contribution in [0, 0.1) is 6.92 Å². The molecule has 4 aromatic rings. The monoisotopic (exact) mass is 543 g/mol. The highest BCUT2D eigenvalue weighted by molar-refractivity contribution is 6.30. The molecule has 1 aliphatic rings. The van der Waals surface area contributed by atoms with E-state index in [-0.39, 0.29) is 17.3 Å². The lowest BCUT2D eigenvalue weighted by molar-refractivity contribution is 0.0643. The van der Waals surface area contributed by atoms with E-state index in [0.29, 0.717) is 40.8 Å². The Kier molecular flexibility index (Phi) is 7.95. The van der Waals surface area contributed by atoms with Gasteiger partial charge >= 0.3 is 0 Å². The summed E-state index contributed by atoms with van der Waals surface area (Å²) in [6.45, 7) is 8.17. The van der Waals surface area contributed by atoms with E-state index < -0.39 is 5.56 Å². The van der Waals surface area contributed by atoms with Crippen molar-refractivity contribution < 1.29 is 9.53 Å². The molecule has 1 aromatic heterocycles. The molecule has 0 bridgehead atoms. The van der Waals surface area contributed by atoms with Crippen molar-refractivity contribution in [3.05, 3.63) is 105 Å². The summed E-state index contributed by atoms with van der Waals surface area (Å²) < 4.78 is 7.37. The van der Waals surface area contributed by atoms with Gasteiger partial charge in [0.05, 0.1) is 11.9 Å². The number of carbonyl (C=O) groups excluding carboxylic acids is 1. The SMILES string of the molecule is CCN1CCN(C(=O)c2cccc(Nc3c(Oc4cccc(C)c4)cnn(-c4cccc(Cl)c4)c3=O)c2)CC1. The van der Waals surface area contributed by atoms with Gasteiger partial charge in [-0.15, -0.1) is 0 Å². The van der Waals surface area contributed by atoms with Crippen molar-refractivity contribution in [2.45, 2.75) is 13.8 Å². The Morgan fingerprint density at radius 3 is 2.51 bits per heavy atom. The molecule has 0 spiro atoms. The van der Waals surface area contributed by atoms with Crippen molar-refractivity contribution in [3.63, 3.8) is 0 Å². The van der Waals surface area contributed by atoms with E-state index in [1.54, 1.807) is 42.5 Å². The normalized spacial score (nSPS) is 13.8. The Balaban J connectivity index is 1.49. The van der Waals surface area contributed by atoms with Crippen LogP contribution >= 0.6 is 11.6 Å². The molecule has 1 fully saturated rings. The van der Waals surface area contributed by atoms with Gasteiger partial charge in [-0.05, 0) is 67.6 Å². The lowest BCUT2D eigenvalue weighted by atomic mass is 10.1. The highest BCUT2D eigenvalue weighted by Crippen LogP contribution is 2.30. The van der Waals surface area contributed by atoms with Crippen LogP contribution < -0.4 is 15.6 Å². The number of amides is 1. The topological polar surface area (TPSA) is 79.7 Å². The molecule has 0 unspecified atom stereocenters. The number of anilines is 2. The van der Waals surface area contributed by atoms with Crippen molar-refractivity contribution in [2.24, 2.45) is 0 Å². The third-order valence-electron chi connectivity index (χ3n) is 6.70. The highest BCUT2D eigenvalue weighted by atomic mass is 35.5. The minimum absolute atomic E-state index is 0.0308. The second-order valence-corrected chi connectivity index (χ2v) is 9.87. The molecule has 0 atom stereocenters. The number of aromatic nitrogens is 2. The first-order valence-electron chi connectivity index (χ1n) is 12.9.